The average Bonchev–Trinajstić information content (AvgIpc) is 2.97. The van der Waals surface area contributed by atoms with Crippen LogP contribution >= 0.6 is 23.5 Å². The van der Waals surface area contributed by atoms with Crippen LogP contribution in [0.5, 0.6) is 0 Å². The molecule has 1 aromatic rings. The summed E-state index contributed by atoms with van der Waals surface area (Å²) in [5.41, 5.74) is 0.920. The van der Waals surface area contributed by atoms with Crippen molar-refractivity contribution in [3.63, 3.8) is 0 Å². The highest BCUT2D eigenvalue weighted by atomic mass is 32.2. The third-order valence-electron chi connectivity index (χ3n) is 4.82. The topological polar surface area (TPSA) is 55.2 Å². The predicted molar refractivity (Wildman–Crippen MR) is 98.9 cm³/mol. The summed E-state index contributed by atoms with van der Waals surface area (Å²) in [5.74, 6) is 0.530. The lowest BCUT2D eigenvalue weighted by atomic mass is 10.0. The number of likely N-dealkylation sites (tertiary alicyclic amines) is 1. The molecule has 0 aliphatic carbocycles. The fraction of sp³-hybridized carbons (Fsp3) is 0.706. The molecule has 2 atom stereocenters. The van der Waals surface area contributed by atoms with Crippen molar-refractivity contribution in [2.75, 3.05) is 12.3 Å². The maximum Gasteiger partial charge on any atom is 0.267 e. The zero-order chi connectivity index (χ0) is 17.3. The molecule has 1 saturated heterocycles. The van der Waals surface area contributed by atoms with E-state index in [1.165, 1.54) is 18.2 Å². The van der Waals surface area contributed by atoms with Crippen LogP contribution in [0.2, 0.25) is 0 Å². The second kappa shape index (κ2) is 7.52. The number of piperidine rings is 1. The Kier molecular flexibility index (Phi) is 5.59. The number of aromatic nitrogens is 2. The van der Waals surface area contributed by atoms with Crippen molar-refractivity contribution >= 4 is 29.4 Å². The highest BCUT2D eigenvalue weighted by Gasteiger charge is 2.27. The first kappa shape index (κ1) is 17.9. The molecule has 24 heavy (non-hydrogen) atoms. The van der Waals surface area contributed by atoms with Crippen LogP contribution in [-0.2, 0) is 18.3 Å². The number of carbonyl (C=O) groups excluding carboxylic acids is 1. The van der Waals surface area contributed by atoms with Crippen LogP contribution < -0.4 is 5.56 Å². The zero-order valence-corrected chi connectivity index (χ0v) is 16.2. The summed E-state index contributed by atoms with van der Waals surface area (Å²) in [6.07, 6.45) is 5.27. The Morgan fingerprint density at radius 2 is 2.21 bits per heavy atom. The number of fused-ring (bicyclic) bond motifs is 1. The van der Waals surface area contributed by atoms with Crippen LogP contribution in [0.1, 0.15) is 45.2 Å². The van der Waals surface area contributed by atoms with Gasteiger partial charge in [-0.1, -0.05) is 25.6 Å². The van der Waals surface area contributed by atoms with E-state index in [0.717, 1.165) is 42.8 Å². The lowest BCUT2D eigenvalue weighted by Gasteiger charge is -2.35. The Morgan fingerprint density at radius 3 is 2.96 bits per heavy atom. The number of hydrogen-bond acceptors (Lipinski definition) is 5. The van der Waals surface area contributed by atoms with Crippen molar-refractivity contribution in [2.24, 2.45) is 7.05 Å². The summed E-state index contributed by atoms with van der Waals surface area (Å²) in [5, 5.41) is 1.06. The molecule has 0 aromatic carbocycles. The fourth-order valence-corrected chi connectivity index (χ4v) is 5.48. The minimum absolute atomic E-state index is 0.0220. The van der Waals surface area contributed by atoms with Crippen molar-refractivity contribution in [3.8, 4) is 0 Å². The first-order chi connectivity index (χ1) is 11.5. The number of nitrogens with zero attached hydrogens (tertiary/aromatic N) is 3. The zero-order valence-electron chi connectivity index (χ0n) is 14.6. The van der Waals surface area contributed by atoms with Crippen LogP contribution in [-0.4, -0.2) is 43.9 Å². The SMILES string of the molecule is CC[C@@H]1CCCCN1C(=O)CSc1nc2c(c(=O)n1C)S[C@H](C)C2. The van der Waals surface area contributed by atoms with E-state index in [9.17, 15) is 9.59 Å². The number of hydrogen-bond donors (Lipinski definition) is 0. The van der Waals surface area contributed by atoms with Gasteiger partial charge >= 0.3 is 0 Å². The Hall–Kier alpha value is -0.950. The number of carbonyl (C=O) groups is 1. The summed E-state index contributed by atoms with van der Waals surface area (Å²) in [4.78, 5) is 32.5. The molecule has 0 bridgehead atoms. The predicted octanol–water partition coefficient (Wildman–Crippen LogP) is 2.70. The molecule has 3 rings (SSSR count). The van der Waals surface area contributed by atoms with E-state index in [-0.39, 0.29) is 11.5 Å². The van der Waals surface area contributed by atoms with E-state index < -0.39 is 0 Å². The lowest BCUT2D eigenvalue weighted by molar-refractivity contribution is -0.132. The summed E-state index contributed by atoms with van der Waals surface area (Å²) >= 11 is 3.00. The summed E-state index contributed by atoms with van der Waals surface area (Å²) in [6.45, 7) is 5.12. The molecule has 132 valence electrons. The molecule has 1 fully saturated rings. The molecule has 2 aliphatic heterocycles. The van der Waals surface area contributed by atoms with Gasteiger partial charge < -0.3 is 4.90 Å². The van der Waals surface area contributed by atoms with Crippen molar-refractivity contribution < 1.29 is 4.79 Å². The molecule has 0 spiro atoms. The van der Waals surface area contributed by atoms with Crippen LogP contribution in [0.4, 0.5) is 0 Å². The summed E-state index contributed by atoms with van der Waals surface area (Å²) in [7, 11) is 1.75. The largest absolute Gasteiger partial charge is 0.339 e. The van der Waals surface area contributed by atoms with Gasteiger partial charge in [0, 0.05) is 31.3 Å². The smallest absolute Gasteiger partial charge is 0.267 e. The molecule has 0 N–H and O–H groups in total. The second-order valence-corrected chi connectivity index (χ2v) is 8.99. The summed E-state index contributed by atoms with van der Waals surface area (Å²) in [6, 6.07) is 0.376. The molecule has 7 heteroatoms. The van der Waals surface area contributed by atoms with Gasteiger partial charge in [-0.05, 0) is 25.7 Å². The third kappa shape index (κ3) is 3.52. The maximum atomic E-state index is 12.6. The van der Waals surface area contributed by atoms with Gasteiger partial charge in [0.05, 0.1) is 16.3 Å². The van der Waals surface area contributed by atoms with E-state index in [4.69, 9.17) is 0 Å². The Balaban J connectivity index is 1.71. The van der Waals surface area contributed by atoms with Crippen LogP contribution in [0, 0.1) is 0 Å². The number of rotatable bonds is 4. The molecule has 5 nitrogen and oxygen atoms in total. The summed E-state index contributed by atoms with van der Waals surface area (Å²) < 4.78 is 1.59. The van der Waals surface area contributed by atoms with Gasteiger partial charge in [0.1, 0.15) is 0 Å². The first-order valence-electron chi connectivity index (χ1n) is 8.70. The second-order valence-electron chi connectivity index (χ2n) is 6.60. The Morgan fingerprint density at radius 1 is 1.42 bits per heavy atom. The van der Waals surface area contributed by atoms with Crippen LogP contribution in [0.15, 0.2) is 14.8 Å². The molecule has 3 heterocycles. The molecule has 1 amide bonds. The molecular weight excluding hydrogens is 342 g/mol. The van der Waals surface area contributed by atoms with Gasteiger partial charge in [-0.3, -0.25) is 14.2 Å². The molecule has 0 radical (unpaired) electrons. The molecule has 2 aliphatic rings. The minimum Gasteiger partial charge on any atom is -0.339 e. The van der Waals surface area contributed by atoms with E-state index in [0.29, 0.717) is 22.2 Å². The minimum atomic E-state index is 0.0220. The Bertz CT molecular complexity index is 689. The average molecular weight is 368 g/mol. The van der Waals surface area contributed by atoms with Gasteiger partial charge in [0.15, 0.2) is 5.16 Å². The van der Waals surface area contributed by atoms with E-state index in [1.807, 2.05) is 4.90 Å². The number of thioether (sulfide) groups is 2. The van der Waals surface area contributed by atoms with Gasteiger partial charge in [-0.15, -0.1) is 11.8 Å². The standard InChI is InChI=1S/C17H25N3O2S2/c1-4-12-7-5-6-8-20(12)14(21)10-23-17-18-13-9-11(2)24-15(13)16(22)19(17)3/h11-12H,4-10H2,1-3H3/t11-,12-/m1/s1. The van der Waals surface area contributed by atoms with Crippen molar-refractivity contribution in [3.05, 3.63) is 16.0 Å². The van der Waals surface area contributed by atoms with Gasteiger partial charge in [-0.2, -0.15) is 0 Å². The lowest BCUT2D eigenvalue weighted by Crippen LogP contribution is -2.44. The monoisotopic (exact) mass is 367 g/mol. The van der Waals surface area contributed by atoms with Crippen LogP contribution in [0.25, 0.3) is 0 Å². The van der Waals surface area contributed by atoms with Gasteiger partial charge in [-0.25, -0.2) is 4.98 Å². The van der Waals surface area contributed by atoms with Crippen molar-refractivity contribution in [2.45, 2.75) is 67.3 Å². The van der Waals surface area contributed by atoms with Crippen molar-refractivity contribution in [1.29, 1.82) is 0 Å². The van der Waals surface area contributed by atoms with E-state index in [2.05, 4.69) is 18.8 Å². The Labute approximate surface area is 151 Å². The first-order valence-corrected chi connectivity index (χ1v) is 10.6. The maximum absolute atomic E-state index is 12.6. The fourth-order valence-electron chi connectivity index (χ4n) is 3.47. The van der Waals surface area contributed by atoms with Crippen molar-refractivity contribution in [1.82, 2.24) is 14.5 Å². The van der Waals surface area contributed by atoms with Gasteiger partial charge in [0.2, 0.25) is 5.91 Å². The van der Waals surface area contributed by atoms with Crippen LogP contribution in [0.3, 0.4) is 0 Å². The quantitative estimate of drug-likeness (QED) is 0.605. The molecule has 0 unspecified atom stereocenters. The molecule has 1 aromatic heterocycles. The van der Waals surface area contributed by atoms with E-state index >= 15 is 0 Å². The normalized spacial score (nSPS) is 23.4. The molecular formula is C17H25N3O2S2. The highest BCUT2D eigenvalue weighted by Crippen LogP contribution is 2.34. The molecule has 0 saturated carbocycles. The van der Waals surface area contributed by atoms with Gasteiger partial charge in [0.25, 0.3) is 5.56 Å². The number of amides is 1. The third-order valence-corrected chi connectivity index (χ3v) is 7.05. The highest BCUT2D eigenvalue weighted by molar-refractivity contribution is 8.00. The van der Waals surface area contributed by atoms with E-state index in [1.54, 1.807) is 23.4 Å².